The first-order chi connectivity index (χ1) is 8.40. The van der Waals surface area contributed by atoms with Gasteiger partial charge in [-0.05, 0) is 19.9 Å². The second-order valence-corrected chi connectivity index (χ2v) is 4.21. The van der Waals surface area contributed by atoms with E-state index in [9.17, 15) is 20.0 Å². The van der Waals surface area contributed by atoms with Crippen molar-refractivity contribution in [1.82, 2.24) is 5.32 Å². The average Bonchev–Trinajstić information content (AvgIpc) is 2.52. The summed E-state index contributed by atoms with van der Waals surface area (Å²) in [6.07, 6.45) is -1.40. The maximum atomic E-state index is 11.4. The van der Waals surface area contributed by atoms with Crippen molar-refractivity contribution in [1.29, 1.82) is 0 Å². The zero-order valence-electron chi connectivity index (χ0n) is 9.84. The zero-order valence-corrected chi connectivity index (χ0v) is 9.84. The number of nitrogens with zero attached hydrogens (tertiary/aromatic N) is 1. The normalized spacial score (nSPS) is 17.6. The number of ether oxygens (including phenoxy) is 1. The van der Waals surface area contributed by atoms with Crippen LogP contribution in [-0.4, -0.2) is 22.0 Å². The molecule has 0 spiro atoms. The molecule has 1 aliphatic rings. The van der Waals surface area contributed by atoms with Crippen molar-refractivity contribution in [2.45, 2.75) is 26.2 Å². The fraction of sp³-hybridized carbons (Fsp3) is 0.364. The highest BCUT2D eigenvalue weighted by Gasteiger charge is 2.32. The van der Waals surface area contributed by atoms with E-state index in [0.717, 1.165) is 6.07 Å². The number of aliphatic hydroxyl groups excluding tert-OH is 1. The van der Waals surface area contributed by atoms with Crippen LogP contribution in [-0.2, 0) is 0 Å². The summed E-state index contributed by atoms with van der Waals surface area (Å²) in [6, 6.07) is 2.45. The molecule has 1 amide bonds. The fourth-order valence-corrected chi connectivity index (χ4v) is 1.78. The van der Waals surface area contributed by atoms with Crippen molar-refractivity contribution >= 4 is 11.6 Å². The van der Waals surface area contributed by atoms with Gasteiger partial charge in [-0.15, -0.1) is 0 Å². The topological polar surface area (TPSA) is 102 Å². The summed E-state index contributed by atoms with van der Waals surface area (Å²) in [6.45, 7) is 3.47. The lowest BCUT2D eigenvalue weighted by Crippen LogP contribution is -2.18. The number of fused-ring (bicyclic) bond motifs is 1. The van der Waals surface area contributed by atoms with Crippen molar-refractivity contribution in [3.63, 3.8) is 0 Å². The molecule has 1 heterocycles. The summed E-state index contributed by atoms with van der Waals surface area (Å²) in [7, 11) is 0. The minimum Gasteiger partial charge on any atom is -0.484 e. The maximum Gasteiger partial charge on any atom is 0.311 e. The van der Waals surface area contributed by atoms with E-state index in [2.05, 4.69) is 5.32 Å². The van der Waals surface area contributed by atoms with E-state index in [1.165, 1.54) is 6.07 Å². The second-order valence-electron chi connectivity index (χ2n) is 4.21. The monoisotopic (exact) mass is 252 g/mol. The third-order valence-corrected chi connectivity index (χ3v) is 2.50. The number of hydrogen-bond donors (Lipinski definition) is 2. The van der Waals surface area contributed by atoms with Gasteiger partial charge in [-0.3, -0.25) is 14.9 Å². The fourth-order valence-electron chi connectivity index (χ4n) is 1.78. The largest absolute Gasteiger partial charge is 0.484 e. The second kappa shape index (κ2) is 4.26. The summed E-state index contributed by atoms with van der Waals surface area (Å²) in [5.74, 6) is -0.485. The van der Waals surface area contributed by atoms with Crippen LogP contribution in [0.2, 0.25) is 0 Å². The summed E-state index contributed by atoms with van der Waals surface area (Å²) < 4.78 is 5.32. The molecule has 1 unspecified atom stereocenters. The van der Waals surface area contributed by atoms with Gasteiger partial charge >= 0.3 is 5.69 Å². The van der Waals surface area contributed by atoms with Crippen LogP contribution in [0.5, 0.6) is 5.75 Å². The van der Waals surface area contributed by atoms with Crippen LogP contribution in [0, 0.1) is 10.1 Å². The molecule has 1 atom stereocenters. The van der Waals surface area contributed by atoms with E-state index in [-0.39, 0.29) is 23.1 Å². The van der Waals surface area contributed by atoms with Crippen LogP contribution in [0.25, 0.3) is 0 Å². The van der Waals surface area contributed by atoms with E-state index in [1.54, 1.807) is 13.8 Å². The number of nitro benzene ring substituents is 1. The first kappa shape index (κ1) is 12.3. The number of nitrogens with one attached hydrogen (secondary N) is 1. The molecule has 0 radical (unpaired) electrons. The molecule has 7 nitrogen and oxygen atoms in total. The summed E-state index contributed by atoms with van der Waals surface area (Å²) >= 11 is 0. The molecule has 2 rings (SSSR count). The van der Waals surface area contributed by atoms with Crippen molar-refractivity contribution < 1.29 is 19.6 Å². The highest BCUT2D eigenvalue weighted by Crippen LogP contribution is 2.35. The summed E-state index contributed by atoms with van der Waals surface area (Å²) in [4.78, 5) is 21.8. The number of hydrogen-bond acceptors (Lipinski definition) is 5. The Morgan fingerprint density at radius 1 is 1.50 bits per heavy atom. The van der Waals surface area contributed by atoms with Gasteiger partial charge in [0, 0.05) is 11.6 Å². The van der Waals surface area contributed by atoms with Crippen LogP contribution in [0.3, 0.4) is 0 Å². The van der Waals surface area contributed by atoms with E-state index < -0.39 is 17.1 Å². The Morgan fingerprint density at radius 2 is 2.17 bits per heavy atom. The first-order valence-electron chi connectivity index (χ1n) is 5.38. The lowest BCUT2D eigenvalue weighted by Gasteiger charge is -2.11. The average molecular weight is 252 g/mol. The van der Waals surface area contributed by atoms with E-state index in [1.807, 2.05) is 0 Å². The van der Waals surface area contributed by atoms with E-state index >= 15 is 0 Å². The third-order valence-electron chi connectivity index (χ3n) is 2.50. The molecular weight excluding hydrogens is 240 g/mol. The van der Waals surface area contributed by atoms with Crippen LogP contribution < -0.4 is 10.1 Å². The van der Waals surface area contributed by atoms with Gasteiger partial charge in [-0.25, -0.2) is 0 Å². The number of aliphatic hydroxyl groups is 1. The molecule has 1 aromatic rings. The number of amides is 1. The minimum absolute atomic E-state index is 0.0456. The molecule has 1 aromatic carbocycles. The number of nitro groups is 1. The Labute approximate surface area is 103 Å². The first-order valence-corrected chi connectivity index (χ1v) is 5.38. The maximum absolute atomic E-state index is 11.4. The van der Waals surface area contributed by atoms with Gasteiger partial charge in [0.25, 0.3) is 5.91 Å². The lowest BCUT2D eigenvalue weighted by atomic mass is 10.1. The van der Waals surface area contributed by atoms with E-state index in [0.29, 0.717) is 5.56 Å². The smallest absolute Gasteiger partial charge is 0.311 e. The van der Waals surface area contributed by atoms with E-state index in [4.69, 9.17) is 4.74 Å². The standard InChI is InChI=1S/C11H12N2O5/c1-5(2)18-9-4-7-6(3-8(9)13(16)17)10(14)12-11(7)15/h3-5,11,15H,1-2H3,(H,12,14). The Morgan fingerprint density at radius 3 is 2.72 bits per heavy atom. The molecule has 1 aliphatic heterocycles. The number of benzene rings is 1. The summed E-state index contributed by atoms with van der Waals surface area (Å²) in [5.41, 5.74) is 0.109. The van der Waals surface area contributed by atoms with Crippen LogP contribution >= 0.6 is 0 Å². The molecule has 7 heteroatoms. The van der Waals surface area contributed by atoms with Crippen LogP contribution in [0.15, 0.2) is 12.1 Å². The van der Waals surface area contributed by atoms with Gasteiger partial charge in [0.2, 0.25) is 0 Å². The number of rotatable bonds is 3. The molecule has 18 heavy (non-hydrogen) atoms. The van der Waals surface area contributed by atoms with Gasteiger partial charge in [-0.1, -0.05) is 0 Å². The predicted molar refractivity (Wildman–Crippen MR) is 61.3 cm³/mol. The minimum atomic E-state index is -1.15. The summed E-state index contributed by atoms with van der Waals surface area (Å²) in [5, 5.41) is 22.8. The zero-order chi connectivity index (χ0) is 13.4. The Balaban J connectivity index is 2.56. The SMILES string of the molecule is CC(C)Oc1cc2c(cc1[N+](=O)[O-])C(=O)NC2O. The van der Waals surface area contributed by atoms with Crippen LogP contribution in [0.4, 0.5) is 5.69 Å². The molecule has 0 bridgehead atoms. The van der Waals surface area contributed by atoms with Crippen molar-refractivity contribution in [2.24, 2.45) is 0 Å². The van der Waals surface area contributed by atoms with Gasteiger partial charge in [-0.2, -0.15) is 0 Å². The highest BCUT2D eigenvalue weighted by molar-refractivity contribution is 5.99. The van der Waals surface area contributed by atoms with Crippen molar-refractivity contribution in [3.05, 3.63) is 33.4 Å². The number of carbonyl (C=O) groups excluding carboxylic acids is 1. The Hall–Kier alpha value is -2.15. The molecule has 0 aliphatic carbocycles. The quantitative estimate of drug-likeness (QED) is 0.619. The molecule has 0 saturated heterocycles. The molecule has 2 N–H and O–H groups in total. The van der Waals surface area contributed by atoms with Gasteiger partial charge in [0.1, 0.15) is 0 Å². The van der Waals surface area contributed by atoms with Crippen molar-refractivity contribution in [3.8, 4) is 5.75 Å². The van der Waals surface area contributed by atoms with Gasteiger partial charge in [0.15, 0.2) is 12.0 Å². The molecule has 0 saturated carbocycles. The van der Waals surface area contributed by atoms with Gasteiger partial charge < -0.3 is 15.2 Å². The Bertz CT molecular complexity index is 526. The van der Waals surface area contributed by atoms with Crippen LogP contribution in [0.1, 0.15) is 36.0 Å². The number of carbonyl (C=O) groups is 1. The lowest BCUT2D eigenvalue weighted by molar-refractivity contribution is -0.386. The molecule has 0 fully saturated rings. The van der Waals surface area contributed by atoms with Crippen molar-refractivity contribution in [2.75, 3.05) is 0 Å². The van der Waals surface area contributed by atoms with Gasteiger partial charge in [0.05, 0.1) is 16.6 Å². The third kappa shape index (κ3) is 2.00. The molecule has 0 aromatic heterocycles. The Kier molecular flexibility index (Phi) is 2.92. The highest BCUT2D eigenvalue weighted by atomic mass is 16.6. The predicted octanol–water partition coefficient (Wildman–Crippen LogP) is 1.12. The molecular formula is C11H12N2O5. The molecule has 96 valence electrons.